The van der Waals surface area contributed by atoms with Crippen molar-refractivity contribution in [3.05, 3.63) is 23.6 Å². The standard InChI is InChI=1S/C32H45FO4/c1-27(2)11-13-32(26(36)37-8)14-12-31(7)24(20(32)17-27)21(34)15-23-29(5)16-19(18-33)25(35)28(3,4)22(29)9-10-30(23,31)6/h15,18,20,22,24H,9-14,16-17H2,1-8H3/b19-18+/t20-,22-,24-,29-,30+,31+,32-/m0/s1. The molecule has 7 atom stereocenters. The normalized spacial score (nSPS) is 47.2. The molecule has 0 N–H and O–H groups in total. The van der Waals surface area contributed by atoms with Crippen LogP contribution in [0, 0.1) is 50.2 Å². The number of ketones is 2. The van der Waals surface area contributed by atoms with Crippen LogP contribution < -0.4 is 0 Å². The number of esters is 1. The maximum Gasteiger partial charge on any atom is 0.312 e. The van der Waals surface area contributed by atoms with Crippen molar-refractivity contribution in [1.82, 2.24) is 0 Å². The van der Waals surface area contributed by atoms with Gasteiger partial charge >= 0.3 is 5.97 Å². The van der Waals surface area contributed by atoms with Gasteiger partial charge in [0.15, 0.2) is 11.6 Å². The van der Waals surface area contributed by atoms with E-state index in [1.54, 1.807) is 0 Å². The fraction of sp³-hybridized carbons (Fsp3) is 0.781. The number of halogens is 1. The van der Waals surface area contributed by atoms with Crippen LogP contribution in [-0.4, -0.2) is 24.6 Å². The summed E-state index contributed by atoms with van der Waals surface area (Å²) >= 11 is 0. The number of hydrogen-bond acceptors (Lipinski definition) is 4. The average Bonchev–Trinajstić information content (AvgIpc) is 2.82. The van der Waals surface area contributed by atoms with Gasteiger partial charge in [-0.05, 0) is 90.9 Å². The number of Topliss-reactive ketones (excluding diaryl/α,β-unsaturated/α-hetero) is 1. The zero-order chi connectivity index (χ0) is 27.4. The van der Waals surface area contributed by atoms with E-state index in [1.807, 2.05) is 19.9 Å². The van der Waals surface area contributed by atoms with E-state index >= 15 is 0 Å². The molecule has 0 radical (unpaired) electrons. The third-order valence-electron chi connectivity index (χ3n) is 12.7. The monoisotopic (exact) mass is 512 g/mol. The number of rotatable bonds is 1. The molecule has 0 spiro atoms. The van der Waals surface area contributed by atoms with Crippen molar-refractivity contribution in [3.8, 4) is 0 Å². The molecule has 4 nitrogen and oxygen atoms in total. The Kier molecular flexibility index (Phi) is 5.71. The Bertz CT molecular complexity index is 1130. The first-order valence-corrected chi connectivity index (χ1v) is 14.2. The molecule has 5 aliphatic carbocycles. The number of carbonyl (C=O) groups is 3. The van der Waals surface area contributed by atoms with Crippen LogP contribution in [0.3, 0.4) is 0 Å². The molecule has 5 aliphatic rings. The third kappa shape index (κ3) is 3.21. The molecule has 0 bridgehead atoms. The van der Waals surface area contributed by atoms with Crippen LogP contribution in [0.1, 0.15) is 99.8 Å². The van der Waals surface area contributed by atoms with Gasteiger partial charge in [-0.25, -0.2) is 4.39 Å². The topological polar surface area (TPSA) is 60.4 Å². The van der Waals surface area contributed by atoms with Gasteiger partial charge in [0.1, 0.15) is 0 Å². The summed E-state index contributed by atoms with van der Waals surface area (Å²) in [6, 6.07) is 0. The number of allylic oxidation sites excluding steroid dienone is 3. The molecule has 0 aromatic carbocycles. The van der Waals surface area contributed by atoms with Gasteiger partial charge in [-0.15, -0.1) is 0 Å². The second kappa shape index (κ2) is 7.88. The van der Waals surface area contributed by atoms with Crippen LogP contribution in [-0.2, 0) is 19.1 Å². The number of ether oxygens (including phenoxy) is 1. The van der Waals surface area contributed by atoms with Crippen LogP contribution in [0.25, 0.3) is 0 Å². The molecule has 4 fully saturated rings. The highest BCUT2D eigenvalue weighted by Crippen LogP contribution is 2.75. The molecule has 0 unspecified atom stereocenters. The molecule has 0 aromatic heterocycles. The highest BCUT2D eigenvalue weighted by atomic mass is 19.1. The Morgan fingerprint density at radius 2 is 1.65 bits per heavy atom. The summed E-state index contributed by atoms with van der Waals surface area (Å²) in [4.78, 5) is 40.9. The molecular formula is C32H45FO4. The van der Waals surface area contributed by atoms with Crippen LogP contribution in [0.4, 0.5) is 4.39 Å². The van der Waals surface area contributed by atoms with Crippen LogP contribution in [0.15, 0.2) is 23.6 Å². The SMILES string of the molecule is COC(=O)[C@]12CCC(C)(C)C[C@H]1[C@H]1C(=O)C=C3[C@@]4(C)C/C(=C\F)C(=O)C(C)(C)[C@@H]4CC[C@@]3(C)[C@]1(C)CC2. The second-order valence-corrected chi connectivity index (χ2v) is 15.2. The first kappa shape index (κ1) is 26.8. The minimum atomic E-state index is -0.687. The van der Waals surface area contributed by atoms with Gasteiger partial charge in [-0.3, -0.25) is 14.4 Å². The highest BCUT2D eigenvalue weighted by molar-refractivity contribution is 6.01. The van der Waals surface area contributed by atoms with Crippen molar-refractivity contribution in [2.24, 2.45) is 50.2 Å². The summed E-state index contributed by atoms with van der Waals surface area (Å²) in [6.45, 7) is 15.2. The van der Waals surface area contributed by atoms with Gasteiger partial charge in [0, 0.05) is 16.9 Å². The van der Waals surface area contributed by atoms with E-state index in [2.05, 4.69) is 34.6 Å². The van der Waals surface area contributed by atoms with Gasteiger partial charge in [0.05, 0.1) is 18.9 Å². The first-order chi connectivity index (χ1) is 17.0. The zero-order valence-electron chi connectivity index (χ0n) is 24.1. The van der Waals surface area contributed by atoms with Crippen molar-refractivity contribution in [2.75, 3.05) is 7.11 Å². The minimum Gasteiger partial charge on any atom is -0.469 e. The minimum absolute atomic E-state index is 0.0508. The molecule has 0 amide bonds. The Morgan fingerprint density at radius 3 is 2.27 bits per heavy atom. The molecule has 0 aliphatic heterocycles. The summed E-state index contributed by atoms with van der Waals surface area (Å²) < 4.78 is 19.4. The maximum absolute atomic E-state index is 14.4. The van der Waals surface area contributed by atoms with Gasteiger partial charge in [-0.1, -0.05) is 54.0 Å². The molecular weight excluding hydrogens is 467 g/mol. The number of carbonyl (C=O) groups excluding carboxylic acids is 3. The van der Waals surface area contributed by atoms with E-state index in [1.165, 1.54) is 7.11 Å². The first-order valence-electron chi connectivity index (χ1n) is 14.2. The Labute approximate surface area is 221 Å². The van der Waals surface area contributed by atoms with E-state index in [-0.39, 0.29) is 57.1 Å². The van der Waals surface area contributed by atoms with E-state index < -0.39 is 16.2 Å². The Morgan fingerprint density at radius 1 is 1.00 bits per heavy atom. The van der Waals surface area contributed by atoms with Gasteiger partial charge in [0.25, 0.3) is 0 Å². The van der Waals surface area contributed by atoms with Crippen molar-refractivity contribution < 1.29 is 23.5 Å². The van der Waals surface area contributed by atoms with Crippen LogP contribution in [0.2, 0.25) is 0 Å². The third-order valence-corrected chi connectivity index (χ3v) is 12.7. The van der Waals surface area contributed by atoms with Crippen molar-refractivity contribution in [3.63, 3.8) is 0 Å². The molecule has 37 heavy (non-hydrogen) atoms. The lowest BCUT2D eigenvalue weighted by atomic mass is 9.33. The zero-order valence-corrected chi connectivity index (χ0v) is 24.1. The van der Waals surface area contributed by atoms with Crippen LogP contribution in [0.5, 0.6) is 0 Å². The Balaban J connectivity index is 1.68. The summed E-state index contributed by atoms with van der Waals surface area (Å²) in [5.41, 5.74) is -0.916. The number of methoxy groups -OCH3 is 1. The van der Waals surface area contributed by atoms with Gasteiger partial charge in [-0.2, -0.15) is 0 Å². The van der Waals surface area contributed by atoms with Crippen molar-refractivity contribution in [2.45, 2.75) is 99.8 Å². The van der Waals surface area contributed by atoms with Gasteiger partial charge in [0.2, 0.25) is 0 Å². The molecule has 204 valence electrons. The quantitative estimate of drug-likeness (QED) is 0.276. The maximum atomic E-state index is 14.4. The lowest BCUT2D eigenvalue weighted by Crippen LogP contribution is -2.66. The summed E-state index contributed by atoms with van der Waals surface area (Å²) in [5.74, 6) is -0.381. The number of hydrogen-bond donors (Lipinski definition) is 0. The number of fused-ring (bicyclic) bond motifs is 7. The van der Waals surface area contributed by atoms with Crippen LogP contribution >= 0.6 is 0 Å². The molecule has 0 saturated heterocycles. The van der Waals surface area contributed by atoms with E-state index in [9.17, 15) is 18.8 Å². The van der Waals surface area contributed by atoms with E-state index in [0.717, 1.165) is 50.5 Å². The summed E-state index contributed by atoms with van der Waals surface area (Å²) in [6.07, 6.45) is 8.60. The lowest BCUT2D eigenvalue weighted by Gasteiger charge is -2.69. The summed E-state index contributed by atoms with van der Waals surface area (Å²) in [5, 5.41) is 0. The van der Waals surface area contributed by atoms with Crippen molar-refractivity contribution in [1.29, 1.82) is 0 Å². The smallest absolute Gasteiger partial charge is 0.312 e. The largest absolute Gasteiger partial charge is 0.469 e. The average molecular weight is 513 g/mol. The molecule has 5 heteroatoms. The van der Waals surface area contributed by atoms with E-state index in [4.69, 9.17) is 4.74 Å². The van der Waals surface area contributed by atoms with E-state index in [0.29, 0.717) is 12.8 Å². The predicted octanol–water partition coefficient (Wildman–Crippen LogP) is 7.17. The molecule has 0 aromatic rings. The highest BCUT2D eigenvalue weighted by Gasteiger charge is 2.71. The lowest BCUT2D eigenvalue weighted by molar-refractivity contribution is -0.192. The predicted molar refractivity (Wildman–Crippen MR) is 141 cm³/mol. The molecule has 4 saturated carbocycles. The fourth-order valence-electron chi connectivity index (χ4n) is 10.5. The fourth-order valence-corrected chi connectivity index (χ4v) is 10.5. The Hall–Kier alpha value is -1.78. The van der Waals surface area contributed by atoms with Crippen molar-refractivity contribution >= 4 is 17.5 Å². The molecule has 5 rings (SSSR count). The molecule has 0 heterocycles. The second-order valence-electron chi connectivity index (χ2n) is 15.2. The summed E-state index contributed by atoms with van der Waals surface area (Å²) in [7, 11) is 1.48. The van der Waals surface area contributed by atoms with Gasteiger partial charge < -0.3 is 4.74 Å².